The highest BCUT2D eigenvalue weighted by Crippen LogP contribution is 2.32. The fraction of sp³-hybridized carbons (Fsp3) is 0.538. The maximum absolute atomic E-state index is 13.8. The largest absolute Gasteiger partial charge is 0.205 e. The lowest BCUT2D eigenvalue weighted by Gasteiger charge is -2.25. The topological polar surface area (TPSA) is 0 Å². The zero-order valence-corrected chi connectivity index (χ0v) is 14.1. The SMILES string of the molecule is CC(C)(C)C(Br)CCc1ccc(Br)c(Cl)c1F. The first kappa shape index (κ1) is 15.5. The summed E-state index contributed by atoms with van der Waals surface area (Å²) >= 11 is 12.7. The van der Waals surface area contributed by atoms with Crippen molar-refractivity contribution in [3.63, 3.8) is 0 Å². The second-order valence-electron chi connectivity index (χ2n) is 5.21. The Morgan fingerprint density at radius 1 is 1.35 bits per heavy atom. The number of aryl methyl sites for hydroxylation is 1. The standard InChI is InChI=1S/C13H16Br2ClF/c1-13(2,3)10(15)7-5-8-4-6-9(14)11(16)12(8)17/h4,6,10H,5,7H2,1-3H3. The molecule has 0 N–H and O–H groups in total. The van der Waals surface area contributed by atoms with E-state index in [1.807, 2.05) is 0 Å². The van der Waals surface area contributed by atoms with E-state index in [0.29, 0.717) is 21.3 Å². The maximum Gasteiger partial charge on any atom is 0.146 e. The van der Waals surface area contributed by atoms with Crippen molar-refractivity contribution in [3.05, 3.63) is 33.0 Å². The van der Waals surface area contributed by atoms with Gasteiger partial charge in [-0.2, -0.15) is 0 Å². The molecule has 0 saturated carbocycles. The van der Waals surface area contributed by atoms with Gasteiger partial charge in [0.2, 0.25) is 0 Å². The van der Waals surface area contributed by atoms with Gasteiger partial charge in [0.05, 0.1) is 5.02 Å². The molecule has 0 bridgehead atoms. The molecule has 0 nitrogen and oxygen atoms in total. The van der Waals surface area contributed by atoms with Crippen molar-refractivity contribution in [2.75, 3.05) is 0 Å². The van der Waals surface area contributed by atoms with Crippen molar-refractivity contribution < 1.29 is 4.39 Å². The van der Waals surface area contributed by atoms with Gasteiger partial charge < -0.3 is 0 Å². The molecular weight excluding hydrogens is 370 g/mol. The highest BCUT2D eigenvalue weighted by Gasteiger charge is 2.22. The molecule has 17 heavy (non-hydrogen) atoms. The van der Waals surface area contributed by atoms with E-state index >= 15 is 0 Å². The zero-order chi connectivity index (χ0) is 13.2. The third kappa shape index (κ3) is 4.22. The van der Waals surface area contributed by atoms with Crippen molar-refractivity contribution >= 4 is 43.5 Å². The van der Waals surface area contributed by atoms with Gasteiger partial charge in [-0.1, -0.05) is 54.4 Å². The minimum absolute atomic E-state index is 0.171. The van der Waals surface area contributed by atoms with Crippen LogP contribution >= 0.6 is 43.5 Å². The molecule has 0 aliphatic carbocycles. The van der Waals surface area contributed by atoms with Crippen LogP contribution in [0.3, 0.4) is 0 Å². The molecule has 0 aromatic heterocycles. The fourth-order valence-corrected chi connectivity index (χ4v) is 2.19. The minimum atomic E-state index is -0.311. The van der Waals surface area contributed by atoms with Crippen molar-refractivity contribution in [2.45, 2.75) is 38.4 Å². The molecule has 0 radical (unpaired) electrons. The molecule has 0 saturated heterocycles. The Labute approximate surface area is 124 Å². The summed E-state index contributed by atoms with van der Waals surface area (Å²) in [6.07, 6.45) is 1.57. The van der Waals surface area contributed by atoms with Crippen LogP contribution in [0.5, 0.6) is 0 Å². The van der Waals surface area contributed by atoms with Crippen molar-refractivity contribution in [1.29, 1.82) is 0 Å². The Bertz CT molecular complexity index is 399. The van der Waals surface area contributed by atoms with Gasteiger partial charge in [0.1, 0.15) is 5.82 Å². The number of alkyl halides is 1. The minimum Gasteiger partial charge on any atom is -0.205 e. The summed E-state index contributed by atoms with van der Waals surface area (Å²) < 4.78 is 14.4. The van der Waals surface area contributed by atoms with Crippen LogP contribution < -0.4 is 0 Å². The second kappa shape index (κ2) is 6.03. The molecular formula is C13H16Br2ClF. The van der Waals surface area contributed by atoms with E-state index in [9.17, 15) is 4.39 Å². The molecule has 0 spiro atoms. The molecule has 0 fully saturated rings. The first-order valence-corrected chi connectivity index (χ1v) is 7.58. The van der Waals surface area contributed by atoms with E-state index in [4.69, 9.17) is 11.6 Å². The Kier molecular flexibility index (Phi) is 5.48. The quantitative estimate of drug-likeness (QED) is 0.442. The Balaban J connectivity index is 2.74. The van der Waals surface area contributed by atoms with Gasteiger partial charge in [0.25, 0.3) is 0 Å². The van der Waals surface area contributed by atoms with Crippen molar-refractivity contribution in [3.8, 4) is 0 Å². The molecule has 4 heteroatoms. The van der Waals surface area contributed by atoms with Gasteiger partial charge in [-0.25, -0.2) is 4.39 Å². The summed E-state index contributed by atoms with van der Waals surface area (Å²) in [5.74, 6) is -0.311. The molecule has 0 aliphatic rings. The summed E-state index contributed by atoms with van der Waals surface area (Å²) in [4.78, 5) is 0.358. The first-order chi connectivity index (χ1) is 7.73. The lowest BCUT2D eigenvalue weighted by Crippen LogP contribution is -2.20. The lowest BCUT2D eigenvalue weighted by molar-refractivity contribution is 0.384. The van der Waals surface area contributed by atoms with E-state index in [-0.39, 0.29) is 16.3 Å². The highest BCUT2D eigenvalue weighted by atomic mass is 79.9. The summed E-state index contributed by atoms with van der Waals surface area (Å²) in [5, 5.41) is 0.171. The van der Waals surface area contributed by atoms with E-state index in [2.05, 4.69) is 52.6 Å². The van der Waals surface area contributed by atoms with Crippen LogP contribution in [0.15, 0.2) is 16.6 Å². The van der Waals surface area contributed by atoms with Crippen LogP contribution in [0.1, 0.15) is 32.8 Å². The van der Waals surface area contributed by atoms with Gasteiger partial charge in [0.15, 0.2) is 0 Å². The first-order valence-electron chi connectivity index (χ1n) is 5.50. The third-order valence-electron chi connectivity index (χ3n) is 2.72. The molecule has 1 unspecified atom stereocenters. The molecule has 96 valence electrons. The van der Waals surface area contributed by atoms with Crippen molar-refractivity contribution in [2.24, 2.45) is 5.41 Å². The molecule has 1 aromatic rings. The van der Waals surface area contributed by atoms with Gasteiger partial charge in [-0.15, -0.1) is 0 Å². The van der Waals surface area contributed by atoms with Crippen LogP contribution in [0.4, 0.5) is 4.39 Å². The molecule has 1 aromatic carbocycles. The molecule has 1 atom stereocenters. The van der Waals surface area contributed by atoms with Gasteiger partial charge >= 0.3 is 0 Å². The average molecular weight is 387 g/mol. The summed E-state index contributed by atoms with van der Waals surface area (Å²) in [5.41, 5.74) is 0.849. The Morgan fingerprint density at radius 3 is 2.47 bits per heavy atom. The monoisotopic (exact) mass is 384 g/mol. The van der Waals surface area contributed by atoms with Crippen LogP contribution in [0.25, 0.3) is 0 Å². The number of halogens is 4. The maximum atomic E-state index is 13.8. The van der Waals surface area contributed by atoms with E-state index < -0.39 is 0 Å². The predicted molar refractivity (Wildman–Crippen MR) is 79.6 cm³/mol. The number of benzene rings is 1. The van der Waals surface area contributed by atoms with Crippen LogP contribution in [0.2, 0.25) is 5.02 Å². The number of hydrogen-bond donors (Lipinski definition) is 0. The molecule has 0 aliphatic heterocycles. The molecule has 1 rings (SSSR count). The summed E-state index contributed by atoms with van der Waals surface area (Å²) in [6.45, 7) is 6.49. The Morgan fingerprint density at radius 2 is 1.94 bits per heavy atom. The Hall–Kier alpha value is 0.400. The summed E-state index contributed by atoms with van der Waals surface area (Å²) in [7, 11) is 0. The smallest absolute Gasteiger partial charge is 0.146 e. The zero-order valence-electron chi connectivity index (χ0n) is 10.2. The summed E-state index contributed by atoms with van der Waals surface area (Å²) in [6, 6.07) is 3.58. The van der Waals surface area contributed by atoms with Gasteiger partial charge in [-0.05, 0) is 45.8 Å². The second-order valence-corrected chi connectivity index (χ2v) is 7.54. The normalized spacial score (nSPS) is 13.8. The number of rotatable bonds is 3. The van der Waals surface area contributed by atoms with Crippen LogP contribution in [-0.2, 0) is 6.42 Å². The average Bonchev–Trinajstić information content (AvgIpc) is 2.23. The van der Waals surface area contributed by atoms with E-state index in [1.54, 1.807) is 12.1 Å². The number of hydrogen-bond acceptors (Lipinski definition) is 0. The van der Waals surface area contributed by atoms with Crippen molar-refractivity contribution in [1.82, 2.24) is 0 Å². The van der Waals surface area contributed by atoms with E-state index in [1.165, 1.54) is 0 Å². The highest BCUT2D eigenvalue weighted by molar-refractivity contribution is 9.10. The van der Waals surface area contributed by atoms with Crippen LogP contribution in [-0.4, -0.2) is 4.83 Å². The van der Waals surface area contributed by atoms with E-state index in [0.717, 1.165) is 6.42 Å². The molecule has 0 heterocycles. The van der Waals surface area contributed by atoms with Crippen LogP contribution in [0, 0.1) is 11.2 Å². The fourth-order valence-electron chi connectivity index (χ4n) is 1.47. The molecule has 0 amide bonds. The van der Waals surface area contributed by atoms with Gasteiger partial charge in [-0.3, -0.25) is 0 Å². The third-order valence-corrected chi connectivity index (χ3v) is 5.81. The predicted octanol–water partition coefficient (Wildman–Crippen LogP) is 5.98. The lowest BCUT2D eigenvalue weighted by atomic mass is 9.89. The van der Waals surface area contributed by atoms with Gasteiger partial charge in [0, 0.05) is 9.30 Å².